The van der Waals surface area contributed by atoms with E-state index in [9.17, 15) is 29.4 Å². The highest BCUT2D eigenvalue weighted by Gasteiger charge is 2.28. The summed E-state index contributed by atoms with van der Waals surface area (Å²) in [6.07, 6.45) is 3.28. The number of carboxylic acids is 2. The van der Waals surface area contributed by atoms with Gasteiger partial charge in [-0.3, -0.25) is 9.36 Å². The fraction of sp³-hybridized carbons (Fsp3) is 0.333. The molecule has 0 aliphatic heterocycles. The molecule has 0 aliphatic carbocycles. The van der Waals surface area contributed by atoms with Crippen LogP contribution in [0.3, 0.4) is 0 Å². The van der Waals surface area contributed by atoms with Gasteiger partial charge >= 0.3 is 17.6 Å². The lowest BCUT2D eigenvalue weighted by atomic mass is 9.99. The van der Waals surface area contributed by atoms with E-state index >= 15 is 0 Å². The van der Waals surface area contributed by atoms with Crippen molar-refractivity contribution in [1.29, 1.82) is 0 Å². The fourth-order valence-corrected chi connectivity index (χ4v) is 4.13. The molecule has 0 radical (unpaired) electrons. The number of carbonyl (C=O) groups excluding carboxylic acids is 1. The molecular weight excluding hydrogens is 448 g/mol. The van der Waals surface area contributed by atoms with Crippen molar-refractivity contribution < 1.29 is 24.6 Å². The molecule has 2 aromatic carbocycles. The summed E-state index contributed by atoms with van der Waals surface area (Å²) in [6.45, 7) is 4.00. The zero-order valence-electron chi connectivity index (χ0n) is 20.0. The zero-order valence-corrected chi connectivity index (χ0v) is 20.0. The van der Waals surface area contributed by atoms with Gasteiger partial charge in [0.05, 0.1) is 17.8 Å². The van der Waals surface area contributed by atoms with Crippen LogP contribution in [-0.2, 0) is 13.0 Å². The van der Waals surface area contributed by atoms with E-state index in [-0.39, 0.29) is 24.2 Å². The summed E-state index contributed by atoms with van der Waals surface area (Å²) >= 11 is 0. The van der Waals surface area contributed by atoms with Gasteiger partial charge < -0.3 is 10.2 Å². The summed E-state index contributed by atoms with van der Waals surface area (Å²) in [4.78, 5) is 49.7. The number of aromatic carboxylic acids is 2. The van der Waals surface area contributed by atoms with E-state index in [4.69, 9.17) is 0 Å². The smallest absolute Gasteiger partial charge is 0.354 e. The van der Waals surface area contributed by atoms with Crippen molar-refractivity contribution in [2.24, 2.45) is 0 Å². The molecule has 1 aromatic heterocycles. The highest BCUT2D eigenvalue weighted by atomic mass is 16.4. The topological polar surface area (TPSA) is 119 Å². The molecule has 0 amide bonds. The predicted octanol–water partition coefficient (Wildman–Crippen LogP) is 4.93. The zero-order chi connectivity index (χ0) is 25.5. The molecule has 0 aliphatic rings. The molecule has 0 unspecified atom stereocenters. The summed E-state index contributed by atoms with van der Waals surface area (Å²) in [5.41, 5.74) is 1.65. The molecule has 3 rings (SSSR count). The molecule has 0 atom stereocenters. The molecule has 0 bridgehead atoms. The first-order valence-corrected chi connectivity index (χ1v) is 11.8. The van der Waals surface area contributed by atoms with E-state index in [1.165, 1.54) is 10.6 Å². The molecule has 2 N–H and O–H groups in total. The number of imidazole rings is 1. The number of hydrogen-bond donors (Lipinski definition) is 2. The molecule has 8 heteroatoms. The minimum Gasteiger partial charge on any atom is -0.478 e. The van der Waals surface area contributed by atoms with E-state index in [0.717, 1.165) is 23.0 Å². The van der Waals surface area contributed by atoms with Crippen LogP contribution in [0.15, 0.2) is 53.3 Å². The quantitative estimate of drug-likeness (QED) is 0.403. The van der Waals surface area contributed by atoms with E-state index in [1.54, 1.807) is 42.5 Å². The van der Waals surface area contributed by atoms with Crippen molar-refractivity contribution in [2.45, 2.75) is 58.9 Å². The SMILES string of the molecule is CCCCC(=O)n1c(C(=O)O)c(CCCC)n(Cc2ccc(-c3ccccc3C(=O)O)cc2)c1=O. The van der Waals surface area contributed by atoms with E-state index < -0.39 is 23.5 Å². The third-order valence-corrected chi connectivity index (χ3v) is 5.97. The van der Waals surface area contributed by atoms with Crippen LogP contribution >= 0.6 is 0 Å². The number of hydrogen-bond acceptors (Lipinski definition) is 4. The van der Waals surface area contributed by atoms with Crippen molar-refractivity contribution in [3.05, 3.63) is 81.5 Å². The Bertz CT molecular complexity index is 1280. The Morgan fingerprint density at radius 2 is 1.51 bits per heavy atom. The van der Waals surface area contributed by atoms with Crippen LogP contribution in [0.1, 0.15) is 82.8 Å². The summed E-state index contributed by atoms with van der Waals surface area (Å²) < 4.78 is 2.20. The van der Waals surface area contributed by atoms with Crippen LogP contribution in [0, 0.1) is 0 Å². The first kappa shape index (κ1) is 25.7. The van der Waals surface area contributed by atoms with Crippen LogP contribution < -0.4 is 5.69 Å². The first-order valence-electron chi connectivity index (χ1n) is 11.8. The van der Waals surface area contributed by atoms with Gasteiger partial charge in [-0.25, -0.2) is 19.0 Å². The Morgan fingerprint density at radius 3 is 2.11 bits per heavy atom. The molecule has 0 spiro atoms. The van der Waals surface area contributed by atoms with Crippen molar-refractivity contribution in [1.82, 2.24) is 9.13 Å². The third kappa shape index (κ3) is 5.59. The summed E-state index contributed by atoms with van der Waals surface area (Å²) in [5.74, 6) is -2.82. The lowest BCUT2D eigenvalue weighted by Crippen LogP contribution is -2.31. The molecule has 0 saturated heterocycles. The predicted molar refractivity (Wildman–Crippen MR) is 132 cm³/mol. The molecule has 184 valence electrons. The van der Waals surface area contributed by atoms with Crippen LogP contribution in [-0.4, -0.2) is 37.2 Å². The van der Waals surface area contributed by atoms with Gasteiger partial charge in [0.25, 0.3) is 0 Å². The standard InChI is InChI=1S/C27H30N2O6/c1-3-5-11-22-24(26(33)34)29(23(30)12-6-4-2)27(35)28(22)17-18-13-15-19(16-14-18)20-9-7-8-10-21(20)25(31)32/h7-10,13-16H,3-6,11-12,17H2,1-2H3,(H,31,32)(H,33,34). The second kappa shape index (κ2) is 11.5. The van der Waals surface area contributed by atoms with Gasteiger partial charge in [-0.2, -0.15) is 0 Å². The average molecular weight is 479 g/mol. The largest absolute Gasteiger partial charge is 0.478 e. The normalized spacial score (nSPS) is 10.9. The Kier molecular flexibility index (Phi) is 8.41. The van der Waals surface area contributed by atoms with Gasteiger partial charge in [-0.05, 0) is 42.0 Å². The summed E-state index contributed by atoms with van der Waals surface area (Å²) in [7, 11) is 0. The van der Waals surface area contributed by atoms with Gasteiger partial charge in [-0.15, -0.1) is 0 Å². The molecule has 3 aromatic rings. The maximum Gasteiger partial charge on any atom is 0.354 e. The minimum absolute atomic E-state index is 0.103. The molecule has 1 heterocycles. The monoisotopic (exact) mass is 478 g/mol. The van der Waals surface area contributed by atoms with Crippen LogP contribution in [0.5, 0.6) is 0 Å². The lowest BCUT2D eigenvalue weighted by Gasteiger charge is -2.10. The number of benzene rings is 2. The molecular formula is C27H30N2O6. The summed E-state index contributed by atoms with van der Waals surface area (Å²) in [6, 6.07) is 13.8. The van der Waals surface area contributed by atoms with E-state index in [2.05, 4.69) is 0 Å². The van der Waals surface area contributed by atoms with Crippen molar-refractivity contribution in [3.63, 3.8) is 0 Å². The van der Waals surface area contributed by atoms with Crippen molar-refractivity contribution >= 4 is 17.8 Å². The minimum atomic E-state index is -1.29. The second-order valence-corrected chi connectivity index (χ2v) is 8.45. The third-order valence-electron chi connectivity index (χ3n) is 5.97. The highest BCUT2D eigenvalue weighted by molar-refractivity contribution is 5.96. The van der Waals surface area contributed by atoms with Gasteiger partial charge in [0.2, 0.25) is 5.91 Å². The van der Waals surface area contributed by atoms with E-state index in [0.29, 0.717) is 36.1 Å². The average Bonchev–Trinajstić information content (AvgIpc) is 3.13. The number of nitrogens with zero attached hydrogens (tertiary/aromatic N) is 2. The van der Waals surface area contributed by atoms with Gasteiger partial charge in [0, 0.05) is 6.42 Å². The maximum absolute atomic E-state index is 13.3. The van der Waals surface area contributed by atoms with Crippen molar-refractivity contribution in [2.75, 3.05) is 0 Å². The Morgan fingerprint density at radius 1 is 0.857 bits per heavy atom. The lowest BCUT2D eigenvalue weighted by molar-refractivity contribution is 0.0667. The second-order valence-electron chi connectivity index (χ2n) is 8.45. The van der Waals surface area contributed by atoms with Gasteiger partial charge in [0.15, 0.2) is 5.69 Å². The summed E-state index contributed by atoms with van der Waals surface area (Å²) in [5, 5.41) is 19.3. The number of carbonyl (C=O) groups is 3. The number of aromatic nitrogens is 2. The molecule has 0 fully saturated rings. The fourth-order valence-electron chi connectivity index (χ4n) is 4.13. The Hall–Kier alpha value is -3.94. The molecule has 35 heavy (non-hydrogen) atoms. The van der Waals surface area contributed by atoms with Gasteiger partial charge in [0.1, 0.15) is 0 Å². The Balaban J connectivity index is 2.03. The molecule has 0 saturated carbocycles. The highest BCUT2D eigenvalue weighted by Crippen LogP contribution is 2.25. The van der Waals surface area contributed by atoms with Crippen molar-refractivity contribution in [3.8, 4) is 11.1 Å². The number of unbranched alkanes of at least 4 members (excludes halogenated alkanes) is 2. The number of carboxylic acid groups (broad SMARTS) is 2. The van der Waals surface area contributed by atoms with Crippen LogP contribution in [0.25, 0.3) is 11.1 Å². The van der Waals surface area contributed by atoms with Crippen LogP contribution in [0.4, 0.5) is 0 Å². The number of rotatable bonds is 11. The van der Waals surface area contributed by atoms with Crippen LogP contribution in [0.2, 0.25) is 0 Å². The van der Waals surface area contributed by atoms with E-state index in [1.807, 2.05) is 13.8 Å². The Labute approximate surface area is 203 Å². The first-order chi connectivity index (χ1) is 16.8. The maximum atomic E-state index is 13.3. The van der Waals surface area contributed by atoms with Gasteiger partial charge in [-0.1, -0.05) is 69.2 Å². The molecule has 8 nitrogen and oxygen atoms in total.